The first-order valence-electron chi connectivity index (χ1n) is 10.8. The average Bonchev–Trinajstić information content (AvgIpc) is 2.81. The van der Waals surface area contributed by atoms with Crippen molar-refractivity contribution in [2.75, 3.05) is 23.3 Å². The van der Waals surface area contributed by atoms with Crippen LogP contribution in [0.1, 0.15) is 38.7 Å². The minimum Gasteiger partial charge on any atom is -0.469 e. The molecular weight excluding hydrogens is 416 g/mol. The van der Waals surface area contributed by atoms with Gasteiger partial charge in [0.05, 0.1) is 25.8 Å². The van der Waals surface area contributed by atoms with E-state index >= 15 is 0 Å². The number of hydrogen-bond donors (Lipinski definition) is 1. The predicted molar refractivity (Wildman–Crippen MR) is 136 cm³/mol. The van der Waals surface area contributed by atoms with Crippen LogP contribution in [0, 0.1) is 12.3 Å². The molecule has 0 radical (unpaired) electrons. The van der Waals surface area contributed by atoms with Crippen LogP contribution in [-0.4, -0.2) is 25.7 Å². The summed E-state index contributed by atoms with van der Waals surface area (Å²) in [5.41, 5.74) is 3.37. The van der Waals surface area contributed by atoms with Gasteiger partial charge in [-0.1, -0.05) is 56.2 Å². The third-order valence-electron chi connectivity index (χ3n) is 5.52. The van der Waals surface area contributed by atoms with E-state index in [1.54, 1.807) is 11.9 Å². The maximum Gasteiger partial charge on any atom is 0.307 e. The number of anilines is 2. The number of methoxy groups -OCH3 is 1. The molecule has 1 atom stereocenters. The van der Waals surface area contributed by atoms with Crippen molar-refractivity contribution < 1.29 is 9.53 Å². The fourth-order valence-corrected chi connectivity index (χ4v) is 4.35. The van der Waals surface area contributed by atoms with Crippen LogP contribution in [0.2, 0.25) is 0 Å². The summed E-state index contributed by atoms with van der Waals surface area (Å²) in [4.78, 5) is 15.1. The third kappa shape index (κ3) is 5.57. The smallest absolute Gasteiger partial charge is 0.307 e. The number of nitrogens with one attached hydrogen (secondary N) is 1. The second-order valence-corrected chi connectivity index (χ2v) is 8.95. The largest absolute Gasteiger partial charge is 0.469 e. The Bertz CT molecular complexity index is 1100. The average molecular weight is 447 g/mol. The summed E-state index contributed by atoms with van der Waals surface area (Å²) in [6, 6.07) is 20.9. The van der Waals surface area contributed by atoms with Crippen LogP contribution >= 0.6 is 11.9 Å². The molecule has 0 aromatic heterocycles. The molecule has 3 rings (SSSR count). The van der Waals surface area contributed by atoms with Gasteiger partial charge in [-0.3, -0.25) is 4.79 Å². The van der Waals surface area contributed by atoms with Gasteiger partial charge < -0.3 is 14.4 Å². The molecule has 0 saturated heterocycles. The molecule has 0 bridgehead atoms. The first-order chi connectivity index (χ1) is 15.4. The van der Waals surface area contributed by atoms with Gasteiger partial charge in [0.25, 0.3) is 0 Å². The van der Waals surface area contributed by atoms with E-state index < -0.39 is 0 Å². The number of fused-ring (bicyclic) bond motifs is 1. The third-order valence-corrected chi connectivity index (χ3v) is 6.35. The van der Waals surface area contributed by atoms with Gasteiger partial charge in [0.15, 0.2) is 0 Å². The van der Waals surface area contributed by atoms with Crippen molar-refractivity contribution in [2.45, 2.75) is 44.0 Å². The van der Waals surface area contributed by atoms with E-state index in [-0.39, 0.29) is 18.4 Å². The summed E-state index contributed by atoms with van der Waals surface area (Å²) in [5, 5.41) is 2.18. The van der Waals surface area contributed by atoms with Crippen LogP contribution in [0.25, 0.3) is 10.8 Å². The monoisotopic (exact) mass is 446 g/mol. The highest BCUT2D eigenvalue weighted by Gasteiger charge is 2.20. The number of rotatable bonds is 9. The minimum atomic E-state index is -0.248. The lowest BCUT2D eigenvalue weighted by Crippen LogP contribution is -2.35. The topological polar surface area (TPSA) is 41.6 Å². The molecule has 0 spiro atoms. The number of carbonyl (C=O) groups is 1. The standard InChI is InChI=1S/C27H30N2O2S/c1-6-17-29(20(4)18-27(30)31-5)26-16-15-25(23-9-7-8-10-24(23)26)28-32-22-13-11-21(12-14-22)19(2)3/h1,7-16,19-20,28H,17-18H2,2-5H3/t20-/m0/s1. The van der Waals surface area contributed by atoms with Crippen LogP contribution in [0.5, 0.6) is 0 Å². The summed E-state index contributed by atoms with van der Waals surface area (Å²) in [5.74, 6) is 3.00. The van der Waals surface area contributed by atoms with Crippen LogP contribution in [-0.2, 0) is 9.53 Å². The SMILES string of the molecule is C#CCN(c1ccc(NSc2ccc(C(C)C)cc2)c2ccccc12)[C@@H](C)CC(=O)OC. The predicted octanol–water partition coefficient (Wildman–Crippen LogP) is 6.47. The number of carbonyl (C=O) groups excluding carboxylic acids is 1. The lowest BCUT2D eigenvalue weighted by molar-refractivity contribution is -0.140. The van der Waals surface area contributed by atoms with Gasteiger partial charge in [-0.25, -0.2) is 0 Å². The van der Waals surface area contributed by atoms with E-state index in [4.69, 9.17) is 11.2 Å². The molecule has 0 heterocycles. The van der Waals surface area contributed by atoms with Crippen molar-refractivity contribution in [3.8, 4) is 12.3 Å². The minimum absolute atomic E-state index is 0.0884. The van der Waals surface area contributed by atoms with E-state index in [0.717, 1.165) is 27.0 Å². The molecule has 32 heavy (non-hydrogen) atoms. The molecule has 3 aromatic rings. The van der Waals surface area contributed by atoms with E-state index in [1.165, 1.54) is 12.7 Å². The van der Waals surface area contributed by atoms with Crippen molar-refractivity contribution in [2.24, 2.45) is 0 Å². The number of terminal acetylenes is 1. The van der Waals surface area contributed by atoms with Crippen molar-refractivity contribution in [3.63, 3.8) is 0 Å². The maximum absolute atomic E-state index is 11.8. The second-order valence-electron chi connectivity index (χ2n) is 8.07. The number of ether oxygens (including phenoxy) is 1. The summed E-state index contributed by atoms with van der Waals surface area (Å²) in [6.45, 7) is 6.80. The molecule has 4 nitrogen and oxygen atoms in total. The zero-order chi connectivity index (χ0) is 23.1. The van der Waals surface area contributed by atoms with E-state index in [2.05, 4.69) is 77.9 Å². The molecule has 1 N–H and O–H groups in total. The molecule has 0 aliphatic carbocycles. The summed E-state index contributed by atoms with van der Waals surface area (Å²) >= 11 is 1.59. The van der Waals surface area contributed by atoms with Gasteiger partial charge in [0, 0.05) is 27.4 Å². The van der Waals surface area contributed by atoms with E-state index in [9.17, 15) is 4.79 Å². The van der Waals surface area contributed by atoms with Gasteiger partial charge in [-0.05, 0) is 54.6 Å². The summed E-state index contributed by atoms with van der Waals surface area (Å²) in [6.07, 6.45) is 5.93. The first kappa shape index (κ1) is 23.6. The van der Waals surface area contributed by atoms with Gasteiger partial charge >= 0.3 is 5.97 Å². The normalized spacial score (nSPS) is 11.8. The Balaban J connectivity index is 1.88. The molecule has 0 saturated carbocycles. The van der Waals surface area contributed by atoms with Crippen LogP contribution in [0.15, 0.2) is 65.6 Å². The molecule has 3 aromatic carbocycles. The molecular formula is C27H30N2O2S. The Kier molecular flexibility index (Phi) is 8.08. The van der Waals surface area contributed by atoms with E-state index in [1.807, 2.05) is 19.1 Å². The highest BCUT2D eigenvalue weighted by Crippen LogP contribution is 2.35. The molecule has 0 unspecified atom stereocenters. The summed E-state index contributed by atoms with van der Waals surface area (Å²) < 4.78 is 8.36. The van der Waals surface area contributed by atoms with Gasteiger partial charge in [0.1, 0.15) is 0 Å². The van der Waals surface area contributed by atoms with Gasteiger partial charge in [-0.15, -0.1) is 6.42 Å². The molecule has 0 aliphatic heterocycles. The Labute approximate surface area is 195 Å². The number of esters is 1. The highest BCUT2D eigenvalue weighted by molar-refractivity contribution is 8.00. The van der Waals surface area contributed by atoms with Crippen LogP contribution < -0.4 is 9.62 Å². The highest BCUT2D eigenvalue weighted by atomic mass is 32.2. The molecule has 0 aliphatic rings. The fraction of sp³-hybridized carbons (Fsp3) is 0.296. The van der Waals surface area contributed by atoms with Crippen molar-refractivity contribution >= 4 is 40.1 Å². The number of hydrogen-bond acceptors (Lipinski definition) is 5. The zero-order valence-electron chi connectivity index (χ0n) is 19.1. The van der Waals surface area contributed by atoms with E-state index in [0.29, 0.717) is 12.5 Å². The molecule has 5 heteroatoms. The first-order valence-corrected chi connectivity index (χ1v) is 11.6. The quantitative estimate of drug-likeness (QED) is 0.232. The van der Waals surface area contributed by atoms with Crippen LogP contribution in [0.3, 0.4) is 0 Å². The Hall–Kier alpha value is -3.10. The fourth-order valence-electron chi connectivity index (χ4n) is 3.67. The van der Waals surface area contributed by atoms with Crippen LogP contribution in [0.4, 0.5) is 11.4 Å². The van der Waals surface area contributed by atoms with Gasteiger partial charge in [0.2, 0.25) is 0 Å². The summed E-state index contributed by atoms with van der Waals surface area (Å²) in [7, 11) is 1.41. The lowest BCUT2D eigenvalue weighted by Gasteiger charge is -2.30. The lowest BCUT2D eigenvalue weighted by atomic mass is 10.0. The molecule has 0 fully saturated rings. The Morgan fingerprint density at radius 2 is 1.75 bits per heavy atom. The van der Waals surface area contributed by atoms with Crippen molar-refractivity contribution in [3.05, 3.63) is 66.2 Å². The Morgan fingerprint density at radius 1 is 1.06 bits per heavy atom. The second kappa shape index (κ2) is 11.0. The van der Waals surface area contributed by atoms with Crippen molar-refractivity contribution in [1.29, 1.82) is 0 Å². The zero-order valence-corrected chi connectivity index (χ0v) is 19.9. The maximum atomic E-state index is 11.8. The number of nitrogens with zero attached hydrogens (tertiary/aromatic N) is 1. The number of benzene rings is 3. The molecule has 166 valence electrons. The van der Waals surface area contributed by atoms with Gasteiger partial charge in [-0.2, -0.15) is 0 Å². The van der Waals surface area contributed by atoms with Crippen molar-refractivity contribution in [1.82, 2.24) is 0 Å². The molecule has 0 amide bonds. The Morgan fingerprint density at radius 3 is 2.38 bits per heavy atom.